The van der Waals surface area contributed by atoms with Crippen LogP contribution in [0.15, 0.2) is 36.9 Å². The molecule has 1 aromatic carbocycles. The highest BCUT2D eigenvalue weighted by molar-refractivity contribution is 5.93. The normalized spacial score (nSPS) is 14.8. The van der Waals surface area contributed by atoms with Crippen molar-refractivity contribution in [3.8, 4) is 0 Å². The van der Waals surface area contributed by atoms with Crippen molar-refractivity contribution >= 4 is 17.3 Å². The average Bonchev–Trinajstić information content (AvgIpc) is 2.26. The summed E-state index contributed by atoms with van der Waals surface area (Å²) < 4.78 is 0. The number of hydrogen-bond donors (Lipinski definition) is 2. The third kappa shape index (κ3) is 3.09. The average molecular weight is 230 g/mol. The number of anilines is 2. The monoisotopic (exact) mass is 230 g/mol. The zero-order valence-electron chi connectivity index (χ0n) is 9.91. The number of amides is 1. The van der Waals surface area contributed by atoms with E-state index in [1.54, 1.807) is 0 Å². The van der Waals surface area contributed by atoms with E-state index in [1.807, 2.05) is 30.3 Å². The van der Waals surface area contributed by atoms with Gasteiger partial charge < -0.3 is 10.6 Å². The maximum absolute atomic E-state index is 11.7. The molecule has 0 bridgehead atoms. The molecule has 0 aliphatic heterocycles. The van der Waals surface area contributed by atoms with Crippen LogP contribution in [0.5, 0.6) is 0 Å². The van der Waals surface area contributed by atoms with Crippen LogP contribution in [0, 0.1) is 5.92 Å². The summed E-state index contributed by atoms with van der Waals surface area (Å²) in [5, 5.41) is 6.13. The molecular weight excluding hydrogens is 212 g/mol. The van der Waals surface area contributed by atoms with Crippen molar-refractivity contribution in [1.29, 1.82) is 0 Å². The molecule has 1 fully saturated rings. The lowest BCUT2D eigenvalue weighted by molar-refractivity contribution is -0.122. The summed E-state index contributed by atoms with van der Waals surface area (Å²) in [6.45, 7) is 4.39. The van der Waals surface area contributed by atoms with Crippen molar-refractivity contribution < 1.29 is 4.79 Å². The molecule has 2 rings (SSSR count). The van der Waals surface area contributed by atoms with Crippen LogP contribution in [0.25, 0.3) is 0 Å². The highest BCUT2D eigenvalue weighted by atomic mass is 16.1. The van der Waals surface area contributed by atoms with Gasteiger partial charge in [-0.15, -0.1) is 6.58 Å². The van der Waals surface area contributed by atoms with Crippen molar-refractivity contribution in [1.82, 2.24) is 0 Å². The third-order valence-electron chi connectivity index (χ3n) is 3.08. The SMILES string of the molecule is C=CCNc1ccc(NC(=O)C2CCC2)cc1. The predicted octanol–water partition coefficient (Wildman–Crippen LogP) is 3.02. The van der Waals surface area contributed by atoms with Crippen molar-refractivity contribution in [2.75, 3.05) is 17.2 Å². The maximum atomic E-state index is 11.7. The Morgan fingerprint density at radius 2 is 1.94 bits per heavy atom. The lowest BCUT2D eigenvalue weighted by atomic mass is 9.85. The van der Waals surface area contributed by atoms with E-state index < -0.39 is 0 Å². The minimum Gasteiger partial charge on any atom is -0.382 e. The molecule has 1 aliphatic carbocycles. The van der Waals surface area contributed by atoms with Gasteiger partial charge in [0.1, 0.15) is 0 Å². The molecule has 1 aliphatic rings. The molecule has 0 saturated heterocycles. The Morgan fingerprint density at radius 1 is 1.29 bits per heavy atom. The van der Waals surface area contributed by atoms with E-state index in [2.05, 4.69) is 17.2 Å². The molecule has 1 amide bonds. The first kappa shape index (κ1) is 11.7. The molecule has 2 N–H and O–H groups in total. The van der Waals surface area contributed by atoms with Gasteiger partial charge >= 0.3 is 0 Å². The van der Waals surface area contributed by atoms with Gasteiger partial charge in [0, 0.05) is 23.8 Å². The van der Waals surface area contributed by atoms with Crippen molar-refractivity contribution in [3.05, 3.63) is 36.9 Å². The van der Waals surface area contributed by atoms with Crippen LogP contribution in [0.2, 0.25) is 0 Å². The fourth-order valence-electron chi connectivity index (χ4n) is 1.78. The summed E-state index contributed by atoms with van der Waals surface area (Å²) >= 11 is 0. The molecule has 17 heavy (non-hydrogen) atoms. The number of rotatable bonds is 5. The largest absolute Gasteiger partial charge is 0.382 e. The van der Waals surface area contributed by atoms with E-state index >= 15 is 0 Å². The molecule has 1 aromatic rings. The Balaban J connectivity index is 1.88. The molecule has 0 aromatic heterocycles. The van der Waals surface area contributed by atoms with Crippen LogP contribution in [0.3, 0.4) is 0 Å². The lowest BCUT2D eigenvalue weighted by Crippen LogP contribution is -2.27. The van der Waals surface area contributed by atoms with Gasteiger partial charge in [0.15, 0.2) is 0 Å². The molecule has 3 heteroatoms. The van der Waals surface area contributed by atoms with Gasteiger partial charge in [0.25, 0.3) is 0 Å². The van der Waals surface area contributed by atoms with Gasteiger partial charge in [-0.2, -0.15) is 0 Å². The topological polar surface area (TPSA) is 41.1 Å². The highest BCUT2D eigenvalue weighted by Crippen LogP contribution is 2.27. The lowest BCUT2D eigenvalue weighted by Gasteiger charge is -2.24. The second-order valence-corrected chi connectivity index (χ2v) is 4.36. The Bertz CT molecular complexity index is 393. The first-order valence-electron chi connectivity index (χ1n) is 6.05. The third-order valence-corrected chi connectivity index (χ3v) is 3.08. The van der Waals surface area contributed by atoms with E-state index in [0.29, 0.717) is 0 Å². The molecule has 0 spiro atoms. The van der Waals surface area contributed by atoms with Crippen LogP contribution < -0.4 is 10.6 Å². The zero-order valence-corrected chi connectivity index (χ0v) is 9.91. The van der Waals surface area contributed by atoms with Crippen LogP contribution in [0.4, 0.5) is 11.4 Å². The van der Waals surface area contributed by atoms with Gasteiger partial charge in [-0.05, 0) is 37.1 Å². The molecule has 0 atom stereocenters. The van der Waals surface area contributed by atoms with Gasteiger partial charge in [-0.3, -0.25) is 4.79 Å². The molecule has 0 unspecified atom stereocenters. The van der Waals surface area contributed by atoms with Crippen LogP contribution in [0.1, 0.15) is 19.3 Å². The number of nitrogens with one attached hydrogen (secondary N) is 2. The molecule has 90 valence electrons. The summed E-state index contributed by atoms with van der Waals surface area (Å²) in [6.07, 6.45) is 5.06. The summed E-state index contributed by atoms with van der Waals surface area (Å²) in [5.74, 6) is 0.386. The summed E-state index contributed by atoms with van der Waals surface area (Å²) in [4.78, 5) is 11.7. The smallest absolute Gasteiger partial charge is 0.227 e. The molecule has 1 saturated carbocycles. The van der Waals surface area contributed by atoms with Crippen LogP contribution in [-0.4, -0.2) is 12.5 Å². The van der Waals surface area contributed by atoms with E-state index in [0.717, 1.165) is 30.8 Å². The molecule has 0 radical (unpaired) electrons. The Morgan fingerprint density at radius 3 is 2.47 bits per heavy atom. The van der Waals surface area contributed by atoms with Gasteiger partial charge in [0.05, 0.1) is 0 Å². The van der Waals surface area contributed by atoms with Crippen molar-refractivity contribution in [2.24, 2.45) is 5.92 Å². The molecule has 3 nitrogen and oxygen atoms in total. The van der Waals surface area contributed by atoms with Gasteiger partial charge in [0.2, 0.25) is 5.91 Å². The van der Waals surface area contributed by atoms with Gasteiger partial charge in [-0.25, -0.2) is 0 Å². The first-order valence-corrected chi connectivity index (χ1v) is 6.05. The van der Waals surface area contributed by atoms with Gasteiger partial charge in [-0.1, -0.05) is 12.5 Å². The number of hydrogen-bond acceptors (Lipinski definition) is 2. The predicted molar refractivity (Wildman–Crippen MR) is 71.1 cm³/mol. The van der Waals surface area contributed by atoms with E-state index in [-0.39, 0.29) is 11.8 Å². The molecular formula is C14H18N2O. The summed E-state index contributed by atoms with van der Waals surface area (Å²) in [6, 6.07) is 7.75. The second-order valence-electron chi connectivity index (χ2n) is 4.36. The van der Waals surface area contributed by atoms with Crippen molar-refractivity contribution in [3.63, 3.8) is 0 Å². The van der Waals surface area contributed by atoms with Crippen LogP contribution >= 0.6 is 0 Å². The van der Waals surface area contributed by atoms with Crippen molar-refractivity contribution in [2.45, 2.75) is 19.3 Å². The number of carbonyl (C=O) groups excluding carboxylic acids is 1. The minimum atomic E-state index is 0.156. The summed E-state index contributed by atoms with van der Waals surface area (Å²) in [7, 11) is 0. The standard InChI is InChI=1S/C14H18N2O/c1-2-10-15-12-6-8-13(9-7-12)16-14(17)11-4-3-5-11/h2,6-9,11,15H,1,3-5,10H2,(H,16,17). The summed E-state index contributed by atoms with van der Waals surface area (Å²) in [5.41, 5.74) is 1.90. The highest BCUT2D eigenvalue weighted by Gasteiger charge is 2.24. The molecule has 0 heterocycles. The van der Waals surface area contributed by atoms with E-state index in [9.17, 15) is 4.79 Å². The zero-order chi connectivity index (χ0) is 12.1. The minimum absolute atomic E-state index is 0.156. The first-order chi connectivity index (χ1) is 8.29. The fourth-order valence-corrected chi connectivity index (χ4v) is 1.78. The maximum Gasteiger partial charge on any atom is 0.227 e. The number of carbonyl (C=O) groups is 1. The Kier molecular flexibility index (Phi) is 3.81. The van der Waals surface area contributed by atoms with Crippen LogP contribution in [-0.2, 0) is 4.79 Å². The quantitative estimate of drug-likeness (QED) is 0.763. The Labute approximate surface area is 102 Å². The second kappa shape index (κ2) is 5.53. The Hall–Kier alpha value is -1.77. The number of benzene rings is 1. The fraction of sp³-hybridized carbons (Fsp3) is 0.357. The van der Waals surface area contributed by atoms with E-state index in [1.165, 1.54) is 6.42 Å². The van der Waals surface area contributed by atoms with E-state index in [4.69, 9.17) is 0 Å².